The molecule has 3 rings (SSSR count). The predicted octanol–water partition coefficient (Wildman–Crippen LogP) is 3.60. The van der Waals surface area contributed by atoms with Crippen LogP contribution < -0.4 is 0 Å². The van der Waals surface area contributed by atoms with Gasteiger partial charge in [0.25, 0.3) is 0 Å². The number of hydrogen-bond acceptors (Lipinski definition) is 5. The van der Waals surface area contributed by atoms with Crippen LogP contribution in [0.2, 0.25) is 0 Å². The zero-order chi connectivity index (χ0) is 24.9. The summed E-state index contributed by atoms with van der Waals surface area (Å²) >= 11 is 0. The van der Waals surface area contributed by atoms with Crippen molar-refractivity contribution in [1.82, 2.24) is 9.21 Å². The third-order valence-corrected chi connectivity index (χ3v) is 8.55. The van der Waals surface area contributed by atoms with Gasteiger partial charge in [-0.25, -0.2) is 8.42 Å². The van der Waals surface area contributed by atoms with Gasteiger partial charge in [-0.3, -0.25) is 9.59 Å². The Kier molecular flexibility index (Phi) is 8.49. The molecule has 0 unspecified atom stereocenters. The van der Waals surface area contributed by atoms with Crippen LogP contribution in [0.3, 0.4) is 0 Å². The fourth-order valence-electron chi connectivity index (χ4n) is 4.70. The fourth-order valence-corrected chi connectivity index (χ4v) is 6.58. The molecule has 8 heteroatoms. The van der Waals surface area contributed by atoms with Crippen molar-refractivity contribution in [3.63, 3.8) is 0 Å². The van der Waals surface area contributed by atoms with Gasteiger partial charge in [0.15, 0.2) is 0 Å². The Morgan fingerprint density at radius 2 is 1.62 bits per heavy atom. The predicted molar refractivity (Wildman–Crippen MR) is 131 cm³/mol. The summed E-state index contributed by atoms with van der Waals surface area (Å²) in [6.07, 6.45) is 1.02. The van der Waals surface area contributed by atoms with Crippen LogP contribution in [0.5, 0.6) is 0 Å². The van der Waals surface area contributed by atoms with Gasteiger partial charge in [-0.15, -0.1) is 0 Å². The molecule has 1 fully saturated rings. The number of benzene rings is 2. The number of methoxy groups -OCH3 is 1. The Labute approximate surface area is 202 Å². The van der Waals surface area contributed by atoms with E-state index < -0.39 is 10.0 Å². The van der Waals surface area contributed by atoms with Gasteiger partial charge in [-0.1, -0.05) is 48.0 Å². The highest BCUT2D eigenvalue weighted by molar-refractivity contribution is 7.89. The van der Waals surface area contributed by atoms with Crippen LogP contribution in [0.1, 0.15) is 41.5 Å². The molecule has 7 nitrogen and oxygen atoms in total. The Bertz CT molecular complexity index is 1100. The number of ether oxygens (including phenoxy) is 1. The highest BCUT2D eigenvalue weighted by Gasteiger charge is 2.35. The van der Waals surface area contributed by atoms with E-state index in [1.165, 1.54) is 11.4 Å². The van der Waals surface area contributed by atoms with Gasteiger partial charge in [0, 0.05) is 32.1 Å². The quantitative estimate of drug-likeness (QED) is 0.533. The number of piperidine rings is 1. The molecular weight excluding hydrogens is 452 g/mol. The average molecular weight is 487 g/mol. The molecule has 1 heterocycles. The van der Waals surface area contributed by atoms with Gasteiger partial charge in [-0.2, -0.15) is 4.31 Å². The minimum atomic E-state index is -3.64. The molecule has 0 N–H and O–H groups in total. The van der Waals surface area contributed by atoms with E-state index in [9.17, 15) is 18.0 Å². The second kappa shape index (κ2) is 11.1. The zero-order valence-electron chi connectivity index (χ0n) is 20.4. The largest absolute Gasteiger partial charge is 0.469 e. The molecule has 1 aliphatic heterocycles. The summed E-state index contributed by atoms with van der Waals surface area (Å²) in [5.41, 5.74) is 3.50. The summed E-state index contributed by atoms with van der Waals surface area (Å²) in [5.74, 6) is -0.698. The number of amides is 1. The van der Waals surface area contributed by atoms with E-state index >= 15 is 0 Å². The van der Waals surface area contributed by atoms with E-state index in [4.69, 9.17) is 4.74 Å². The lowest BCUT2D eigenvalue weighted by atomic mass is 9.96. The van der Waals surface area contributed by atoms with Crippen LogP contribution >= 0.6 is 0 Å². The standard InChI is InChI=1S/C26H34N2O5S/c1-19-16-20(2)25(21(3)17-19)34(31,32)28-14-10-23(11-15-28)26(30)27(13-12-24(29)33-4)18-22-8-6-5-7-9-22/h5-9,16-17,23H,10-15,18H2,1-4H3. The molecule has 0 bridgehead atoms. The highest BCUT2D eigenvalue weighted by atomic mass is 32.2. The lowest BCUT2D eigenvalue weighted by Crippen LogP contribution is -2.45. The maximum atomic E-state index is 13.4. The summed E-state index contributed by atoms with van der Waals surface area (Å²) in [5, 5.41) is 0. The number of hydrogen-bond donors (Lipinski definition) is 0. The van der Waals surface area contributed by atoms with Crippen LogP contribution in [0, 0.1) is 26.7 Å². The van der Waals surface area contributed by atoms with E-state index in [-0.39, 0.29) is 30.8 Å². The molecule has 1 amide bonds. The number of rotatable bonds is 8. The molecule has 0 radical (unpaired) electrons. The first-order valence-electron chi connectivity index (χ1n) is 11.6. The van der Waals surface area contributed by atoms with Crippen LogP contribution in [0.15, 0.2) is 47.4 Å². The Morgan fingerprint density at radius 3 is 2.18 bits per heavy atom. The molecule has 2 aromatic carbocycles. The molecule has 0 aliphatic carbocycles. The Hall–Kier alpha value is -2.71. The number of nitrogens with zero attached hydrogens (tertiary/aromatic N) is 2. The highest BCUT2D eigenvalue weighted by Crippen LogP contribution is 2.29. The third kappa shape index (κ3) is 6.04. The summed E-state index contributed by atoms with van der Waals surface area (Å²) in [6.45, 7) is 6.85. The van der Waals surface area contributed by atoms with Crippen LogP contribution in [-0.4, -0.2) is 56.2 Å². The third-order valence-electron chi connectivity index (χ3n) is 6.35. The van der Waals surface area contributed by atoms with Gasteiger partial charge in [0.2, 0.25) is 15.9 Å². The molecule has 0 aromatic heterocycles. The molecule has 184 valence electrons. The number of aryl methyl sites for hydroxylation is 3. The van der Waals surface area contributed by atoms with Crippen molar-refractivity contribution in [3.05, 3.63) is 64.7 Å². The van der Waals surface area contributed by atoms with Gasteiger partial charge in [0.05, 0.1) is 18.4 Å². The number of sulfonamides is 1. The Morgan fingerprint density at radius 1 is 1.03 bits per heavy atom. The maximum absolute atomic E-state index is 13.4. The van der Waals surface area contributed by atoms with Crippen LogP contribution in [0.25, 0.3) is 0 Å². The molecule has 0 spiro atoms. The van der Waals surface area contributed by atoms with Gasteiger partial charge in [-0.05, 0) is 50.3 Å². The monoisotopic (exact) mass is 486 g/mol. The lowest BCUT2D eigenvalue weighted by Gasteiger charge is -2.34. The van der Waals surface area contributed by atoms with Crippen LogP contribution in [-0.2, 0) is 30.9 Å². The van der Waals surface area contributed by atoms with Crippen molar-refractivity contribution < 1.29 is 22.7 Å². The smallest absolute Gasteiger partial charge is 0.307 e. The zero-order valence-corrected chi connectivity index (χ0v) is 21.2. The maximum Gasteiger partial charge on any atom is 0.307 e. The van der Waals surface area contributed by atoms with E-state index in [2.05, 4.69) is 0 Å². The first-order chi connectivity index (χ1) is 16.1. The molecule has 0 saturated carbocycles. The lowest BCUT2D eigenvalue weighted by molar-refractivity contribution is -0.143. The van der Waals surface area contributed by atoms with Crippen molar-refractivity contribution in [3.8, 4) is 0 Å². The van der Waals surface area contributed by atoms with Crippen molar-refractivity contribution in [2.24, 2.45) is 5.92 Å². The molecule has 1 saturated heterocycles. The summed E-state index contributed by atoms with van der Waals surface area (Å²) in [6, 6.07) is 13.4. The van der Waals surface area contributed by atoms with Crippen molar-refractivity contribution in [1.29, 1.82) is 0 Å². The number of carbonyl (C=O) groups is 2. The fraction of sp³-hybridized carbons (Fsp3) is 0.462. The summed E-state index contributed by atoms with van der Waals surface area (Å²) < 4.78 is 33.0. The second-order valence-corrected chi connectivity index (χ2v) is 10.9. The van der Waals surface area contributed by atoms with Crippen molar-refractivity contribution in [2.45, 2.75) is 51.5 Å². The number of esters is 1. The van der Waals surface area contributed by atoms with E-state index in [0.717, 1.165) is 22.3 Å². The van der Waals surface area contributed by atoms with Crippen molar-refractivity contribution in [2.75, 3.05) is 26.7 Å². The van der Waals surface area contributed by atoms with Gasteiger partial charge >= 0.3 is 5.97 Å². The van der Waals surface area contributed by atoms with E-state index in [0.29, 0.717) is 37.4 Å². The minimum absolute atomic E-state index is 0.0486. The first-order valence-corrected chi connectivity index (χ1v) is 13.0. The first kappa shape index (κ1) is 25.9. The SMILES string of the molecule is COC(=O)CCN(Cc1ccccc1)C(=O)C1CCN(S(=O)(=O)c2c(C)cc(C)cc2C)CC1. The summed E-state index contributed by atoms with van der Waals surface area (Å²) in [7, 11) is -2.30. The topological polar surface area (TPSA) is 84.0 Å². The average Bonchev–Trinajstić information content (AvgIpc) is 2.81. The molecule has 2 aromatic rings. The van der Waals surface area contributed by atoms with E-state index in [1.807, 2.05) is 63.2 Å². The molecule has 1 aliphatic rings. The van der Waals surface area contributed by atoms with Gasteiger partial charge in [0.1, 0.15) is 0 Å². The minimum Gasteiger partial charge on any atom is -0.469 e. The van der Waals surface area contributed by atoms with Crippen LogP contribution in [0.4, 0.5) is 0 Å². The molecule has 34 heavy (non-hydrogen) atoms. The van der Waals surface area contributed by atoms with E-state index in [1.54, 1.807) is 4.90 Å². The van der Waals surface area contributed by atoms with Gasteiger partial charge < -0.3 is 9.64 Å². The Balaban J connectivity index is 1.71. The number of carbonyl (C=O) groups excluding carboxylic acids is 2. The second-order valence-electron chi connectivity index (χ2n) is 8.98. The molecular formula is C26H34N2O5S. The molecule has 0 atom stereocenters. The van der Waals surface area contributed by atoms with Crippen molar-refractivity contribution >= 4 is 21.9 Å². The normalized spacial score (nSPS) is 15.2. The summed E-state index contributed by atoms with van der Waals surface area (Å²) in [4.78, 5) is 27.1.